The molecule has 7 heteroatoms. The molecule has 0 spiro atoms. The Morgan fingerprint density at radius 1 is 1.00 bits per heavy atom. The highest BCUT2D eigenvalue weighted by atomic mass is 16.2. The highest BCUT2D eigenvalue weighted by Crippen LogP contribution is 2.26. The van der Waals surface area contributed by atoms with E-state index >= 15 is 0 Å². The molecule has 7 nitrogen and oxygen atoms in total. The van der Waals surface area contributed by atoms with E-state index in [0.29, 0.717) is 31.1 Å². The summed E-state index contributed by atoms with van der Waals surface area (Å²) in [4.78, 5) is 27.1. The molecule has 4 rings (SSSR count). The van der Waals surface area contributed by atoms with Gasteiger partial charge >= 0.3 is 0 Å². The van der Waals surface area contributed by atoms with Gasteiger partial charge in [0.1, 0.15) is 0 Å². The second-order valence-corrected chi connectivity index (χ2v) is 9.24. The van der Waals surface area contributed by atoms with Crippen LogP contribution in [-0.4, -0.2) is 50.8 Å². The first-order valence-electron chi connectivity index (χ1n) is 11.6. The van der Waals surface area contributed by atoms with Crippen molar-refractivity contribution < 1.29 is 9.59 Å². The third kappa shape index (κ3) is 5.51. The van der Waals surface area contributed by atoms with E-state index in [1.54, 1.807) is 10.9 Å². The molecule has 2 aliphatic rings. The number of amides is 2. The molecule has 2 fully saturated rings. The largest absolute Gasteiger partial charge is 0.353 e. The Kier molecular flexibility index (Phi) is 6.68. The Balaban J connectivity index is 1.28. The molecule has 1 aromatic carbocycles. The van der Waals surface area contributed by atoms with Crippen LogP contribution in [0.15, 0.2) is 24.4 Å². The predicted molar refractivity (Wildman–Crippen MR) is 119 cm³/mol. The van der Waals surface area contributed by atoms with Crippen LogP contribution in [0, 0.1) is 19.8 Å². The zero-order chi connectivity index (χ0) is 21.8. The lowest BCUT2D eigenvalue weighted by atomic mass is 9.86. The molecule has 2 heterocycles. The van der Waals surface area contributed by atoms with Crippen molar-refractivity contribution >= 4 is 11.8 Å². The summed E-state index contributed by atoms with van der Waals surface area (Å²) in [6, 6.07) is 6.31. The Morgan fingerprint density at radius 3 is 2.35 bits per heavy atom. The molecule has 31 heavy (non-hydrogen) atoms. The van der Waals surface area contributed by atoms with Crippen molar-refractivity contribution in [2.24, 2.45) is 5.92 Å². The fraction of sp³-hybridized carbons (Fsp3) is 0.583. The Bertz CT molecular complexity index is 904. The van der Waals surface area contributed by atoms with Crippen LogP contribution in [0.3, 0.4) is 0 Å². The van der Waals surface area contributed by atoms with Gasteiger partial charge in [-0.25, -0.2) is 4.68 Å². The molecule has 1 aliphatic heterocycles. The van der Waals surface area contributed by atoms with Gasteiger partial charge in [-0.05, 0) is 68.7 Å². The highest BCUT2D eigenvalue weighted by molar-refractivity contribution is 5.92. The summed E-state index contributed by atoms with van der Waals surface area (Å²) >= 11 is 0. The van der Waals surface area contributed by atoms with Crippen LogP contribution in [0.1, 0.15) is 73.0 Å². The molecule has 1 aliphatic carbocycles. The highest BCUT2D eigenvalue weighted by Gasteiger charge is 2.27. The monoisotopic (exact) mass is 423 g/mol. The Labute approximate surface area is 184 Å². The lowest BCUT2D eigenvalue weighted by Crippen LogP contribution is -2.46. The second kappa shape index (κ2) is 9.62. The van der Waals surface area contributed by atoms with E-state index in [1.807, 2.05) is 30.9 Å². The zero-order valence-electron chi connectivity index (χ0n) is 18.6. The number of hydrogen-bond acceptors (Lipinski definition) is 4. The molecule has 0 unspecified atom stereocenters. The summed E-state index contributed by atoms with van der Waals surface area (Å²) in [5.74, 6) is 0.630. The first-order chi connectivity index (χ1) is 15.0. The van der Waals surface area contributed by atoms with E-state index in [0.717, 1.165) is 29.7 Å². The second-order valence-electron chi connectivity index (χ2n) is 9.24. The lowest BCUT2D eigenvalue weighted by molar-refractivity contribution is -0.123. The van der Waals surface area contributed by atoms with Gasteiger partial charge in [0.2, 0.25) is 5.91 Å². The fourth-order valence-electron chi connectivity index (χ4n) is 4.90. The van der Waals surface area contributed by atoms with Gasteiger partial charge in [-0.2, -0.15) is 0 Å². The van der Waals surface area contributed by atoms with Crippen LogP contribution in [0.2, 0.25) is 0 Å². The number of hydrogen-bond donors (Lipinski definition) is 1. The van der Waals surface area contributed by atoms with Crippen molar-refractivity contribution in [3.8, 4) is 5.69 Å². The molecular formula is C24H33N5O2. The Hall–Kier alpha value is -2.70. The van der Waals surface area contributed by atoms with Crippen molar-refractivity contribution in [3.05, 3.63) is 41.2 Å². The van der Waals surface area contributed by atoms with Gasteiger partial charge in [0.25, 0.3) is 5.91 Å². The van der Waals surface area contributed by atoms with Crippen LogP contribution in [-0.2, 0) is 4.79 Å². The van der Waals surface area contributed by atoms with E-state index < -0.39 is 0 Å². The number of nitrogens with one attached hydrogen (secondary N) is 1. The van der Waals surface area contributed by atoms with E-state index in [-0.39, 0.29) is 17.9 Å². The number of nitrogens with zero attached hydrogens (tertiary/aromatic N) is 4. The molecule has 2 amide bonds. The first-order valence-corrected chi connectivity index (χ1v) is 11.6. The number of aryl methyl sites for hydroxylation is 2. The first kappa shape index (κ1) is 21.5. The predicted octanol–water partition coefficient (Wildman–Crippen LogP) is 3.58. The number of piperidine rings is 1. The molecule has 166 valence electrons. The SMILES string of the molecule is Cc1cc(C)cc(-n2cc(C(=O)N3CCC(NC(=O)CC4CCCCC4)CC3)nn2)c1. The smallest absolute Gasteiger partial charge is 0.276 e. The zero-order valence-corrected chi connectivity index (χ0v) is 18.6. The van der Waals surface area contributed by atoms with Crippen LogP contribution in [0.4, 0.5) is 0 Å². The summed E-state index contributed by atoms with van der Waals surface area (Å²) in [6.07, 6.45) is 10.1. The topological polar surface area (TPSA) is 80.1 Å². The van der Waals surface area contributed by atoms with Crippen LogP contribution < -0.4 is 5.32 Å². The maximum absolute atomic E-state index is 12.9. The molecule has 0 bridgehead atoms. The van der Waals surface area contributed by atoms with Crippen molar-refractivity contribution in [2.75, 3.05) is 13.1 Å². The molecular weight excluding hydrogens is 390 g/mol. The van der Waals surface area contributed by atoms with Crippen molar-refractivity contribution in [1.29, 1.82) is 0 Å². The van der Waals surface area contributed by atoms with Gasteiger partial charge in [-0.15, -0.1) is 5.10 Å². The molecule has 2 aromatic rings. The third-order valence-corrected chi connectivity index (χ3v) is 6.53. The quantitative estimate of drug-likeness (QED) is 0.797. The minimum atomic E-state index is -0.0948. The molecule has 1 N–H and O–H groups in total. The number of benzene rings is 1. The van der Waals surface area contributed by atoms with Crippen LogP contribution in [0.5, 0.6) is 0 Å². The number of rotatable bonds is 5. The number of aromatic nitrogens is 3. The minimum Gasteiger partial charge on any atom is -0.353 e. The molecule has 1 saturated heterocycles. The third-order valence-electron chi connectivity index (χ3n) is 6.53. The van der Waals surface area contributed by atoms with Gasteiger partial charge < -0.3 is 10.2 Å². The summed E-state index contributed by atoms with van der Waals surface area (Å²) in [6.45, 7) is 5.34. The van der Waals surface area contributed by atoms with Gasteiger partial charge in [-0.3, -0.25) is 9.59 Å². The van der Waals surface area contributed by atoms with Crippen LogP contribution >= 0.6 is 0 Å². The average molecular weight is 424 g/mol. The average Bonchev–Trinajstić information content (AvgIpc) is 3.24. The van der Waals surface area contributed by atoms with E-state index in [1.165, 1.54) is 32.1 Å². The molecule has 1 saturated carbocycles. The van der Waals surface area contributed by atoms with Crippen LogP contribution in [0.25, 0.3) is 5.69 Å². The summed E-state index contributed by atoms with van der Waals surface area (Å²) in [5.41, 5.74) is 3.55. The van der Waals surface area contributed by atoms with Gasteiger partial charge in [-0.1, -0.05) is 30.5 Å². The van der Waals surface area contributed by atoms with Gasteiger partial charge in [0, 0.05) is 25.6 Å². The maximum Gasteiger partial charge on any atom is 0.276 e. The van der Waals surface area contributed by atoms with Gasteiger partial charge in [0.15, 0.2) is 5.69 Å². The molecule has 0 atom stereocenters. The van der Waals surface area contributed by atoms with Crippen molar-refractivity contribution in [3.63, 3.8) is 0 Å². The summed E-state index contributed by atoms with van der Waals surface area (Å²) < 4.78 is 1.66. The molecule has 1 aromatic heterocycles. The number of likely N-dealkylation sites (tertiary alicyclic amines) is 1. The van der Waals surface area contributed by atoms with E-state index in [9.17, 15) is 9.59 Å². The summed E-state index contributed by atoms with van der Waals surface area (Å²) in [7, 11) is 0. The van der Waals surface area contributed by atoms with E-state index in [4.69, 9.17) is 0 Å². The lowest BCUT2D eigenvalue weighted by Gasteiger charge is -2.32. The number of carbonyl (C=O) groups is 2. The van der Waals surface area contributed by atoms with Crippen molar-refractivity contribution in [2.45, 2.75) is 71.3 Å². The number of carbonyl (C=O) groups excluding carboxylic acids is 2. The Morgan fingerprint density at radius 2 is 1.68 bits per heavy atom. The minimum absolute atomic E-state index is 0.0948. The summed E-state index contributed by atoms with van der Waals surface area (Å²) in [5, 5.41) is 11.5. The van der Waals surface area contributed by atoms with Gasteiger partial charge in [0.05, 0.1) is 11.9 Å². The maximum atomic E-state index is 12.9. The molecule has 0 radical (unpaired) electrons. The van der Waals surface area contributed by atoms with Crippen molar-refractivity contribution in [1.82, 2.24) is 25.2 Å². The standard InChI is InChI=1S/C24H33N5O2/c1-17-12-18(2)14-21(13-17)29-16-22(26-27-29)24(31)28-10-8-20(9-11-28)25-23(30)15-19-6-4-3-5-7-19/h12-14,16,19-20H,3-11,15H2,1-2H3,(H,25,30). The fourth-order valence-corrected chi connectivity index (χ4v) is 4.90. The van der Waals surface area contributed by atoms with E-state index in [2.05, 4.69) is 21.7 Å². The normalized spacial score (nSPS) is 18.2.